The van der Waals surface area contributed by atoms with Crippen molar-refractivity contribution >= 4 is 5.97 Å². The largest absolute Gasteiger partial charge is 0.456 e. The third-order valence-electron chi connectivity index (χ3n) is 7.71. The molecule has 1 fully saturated rings. The molecule has 1 aliphatic carbocycles. The number of ether oxygens (including phenoxy) is 2. The molecule has 0 aliphatic heterocycles. The molecule has 0 aromatic carbocycles. The Morgan fingerprint density at radius 2 is 1.14 bits per heavy atom. The average molecular weight is 493 g/mol. The first kappa shape index (κ1) is 32.2. The monoisotopic (exact) mass is 492 g/mol. The first-order valence-corrected chi connectivity index (χ1v) is 15.6. The Morgan fingerprint density at radius 1 is 0.714 bits per heavy atom. The molecule has 0 bridgehead atoms. The van der Waals surface area contributed by atoms with Crippen LogP contribution in [0, 0.1) is 5.92 Å². The topological polar surface area (TPSA) is 35.5 Å². The van der Waals surface area contributed by atoms with Gasteiger partial charge in [0.25, 0.3) is 0 Å². The Labute approximate surface area is 219 Å². The molecular weight excluding hydrogens is 432 g/mol. The normalized spacial score (nSPS) is 15.3. The summed E-state index contributed by atoms with van der Waals surface area (Å²) in [5, 5.41) is 0. The SMILES string of the molecule is C=C(C)C(=O)OC(COCCCCCCCCCCCCCCCCCCCC)C1CCCCC1. The molecule has 1 unspecified atom stereocenters. The summed E-state index contributed by atoms with van der Waals surface area (Å²) in [6.45, 7) is 9.07. The molecule has 0 aromatic heterocycles. The van der Waals surface area contributed by atoms with Gasteiger partial charge in [0.1, 0.15) is 6.10 Å². The maximum atomic E-state index is 12.0. The molecular formula is C32H60O3. The molecule has 0 spiro atoms. The Bertz CT molecular complexity index is 495. The number of hydrogen-bond donors (Lipinski definition) is 0. The van der Waals surface area contributed by atoms with Crippen LogP contribution in [0.5, 0.6) is 0 Å². The predicted octanol–water partition coefficient (Wildman–Crippen LogP) is 10.1. The lowest BCUT2D eigenvalue weighted by atomic mass is 9.85. The molecule has 1 rings (SSSR count). The number of unbranched alkanes of at least 4 members (excludes halogenated alkanes) is 17. The van der Waals surface area contributed by atoms with Crippen molar-refractivity contribution in [1.29, 1.82) is 0 Å². The van der Waals surface area contributed by atoms with Crippen LogP contribution in [0.1, 0.15) is 162 Å². The highest BCUT2D eigenvalue weighted by atomic mass is 16.6. The molecule has 0 aromatic rings. The van der Waals surface area contributed by atoms with Gasteiger partial charge in [-0.15, -0.1) is 0 Å². The van der Waals surface area contributed by atoms with Crippen LogP contribution in [0.15, 0.2) is 12.2 Å². The van der Waals surface area contributed by atoms with E-state index in [1.807, 2.05) is 0 Å². The average Bonchev–Trinajstić information content (AvgIpc) is 2.87. The van der Waals surface area contributed by atoms with Crippen molar-refractivity contribution in [2.45, 2.75) is 168 Å². The summed E-state index contributed by atoms with van der Waals surface area (Å²) in [6, 6.07) is 0. The number of carbonyl (C=O) groups is 1. The van der Waals surface area contributed by atoms with Crippen molar-refractivity contribution in [2.75, 3.05) is 13.2 Å². The van der Waals surface area contributed by atoms with Crippen molar-refractivity contribution in [3.05, 3.63) is 12.2 Å². The fourth-order valence-electron chi connectivity index (χ4n) is 5.32. The second-order valence-electron chi connectivity index (χ2n) is 11.2. The second kappa shape index (κ2) is 23.6. The zero-order chi connectivity index (χ0) is 25.4. The van der Waals surface area contributed by atoms with Crippen LogP contribution >= 0.6 is 0 Å². The fraction of sp³-hybridized carbons (Fsp3) is 0.906. The van der Waals surface area contributed by atoms with Gasteiger partial charge in [-0.05, 0) is 32.1 Å². The lowest BCUT2D eigenvalue weighted by Crippen LogP contribution is -2.33. The van der Waals surface area contributed by atoms with Crippen LogP contribution in [0.2, 0.25) is 0 Å². The van der Waals surface area contributed by atoms with Crippen molar-refractivity contribution in [3.63, 3.8) is 0 Å². The lowest BCUT2D eigenvalue weighted by molar-refractivity contribution is -0.151. The van der Waals surface area contributed by atoms with Crippen LogP contribution < -0.4 is 0 Å². The minimum Gasteiger partial charge on any atom is -0.456 e. The van der Waals surface area contributed by atoms with Gasteiger partial charge in [-0.2, -0.15) is 0 Å². The van der Waals surface area contributed by atoms with Gasteiger partial charge in [0.2, 0.25) is 0 Å². The van der Waals surface area contributed by atoms with E-state index in [4.69, 9.17) is 9.47 Å². The van der Waals surface area contributed by atoms with Crippen molar-refractivity contribution in [1.82, 2.24) is 0 Å². The van der Waals surface area contributed by atoms with Crippen LogP contribution in [-0.2, 0) is 14.3 Å². The van der Waals surface area contributed by atoms with Gasteiger partial charge in [-0.25, -0.2) is 4.79 Å². The lowest BCUT2D eigenvalue weighted by Gasteiger charge is -2.30. The third-order valence-corrected chi connectivity index (χ3v) is 7.71. The number of rotatable bonds is 24. The predicted molar refractivity (Wildman–Crippen MR) is 151 cm³/mol. The molecule has 0 radical (unpaired) electrons. The molecule has 206 valence electrons. The first-order valence-electron chi connectivity index (χ1n) is 15.6. The Balaban J connectivity index is 1.88. The zero-order valence-electron chi connectivity index (χ0n) is 23.8. The third kappa shape index (κ3) is 19.0. The quantitative estimate of drug-likeness (QED) is 0.0763. The second-order valence-corrected chi connectivity index (χ2v) is 11.2. The van der Waals surface area contributed by atoms with Gasteiger partial charge in [-0.1, -0.05) is 142 Å². The van der Waals surface area contributed by atoms with E-state index < -0.39 is 0 Å². The molecule has 0 saturated heterocycles. The van der Waals surface area contributed by atoms with E-state index in [1.54, 1.807) is 6.92 Å². The summed E-state index contributed by atoms with van der Waals surface area (Å²) in [4.78, 5) is 12.0. The smallest absolute Gasteiger partial charge is 0.333 e. The molecule has 1 atom stereocenters. The highest BCUT2D eigenvalue weighted by Crippen LogP contribution is 2.28. The van der Waals surface area contributed by atoms with Crippen LogP contribution in [0.25, 0.3) is 0 Å². The first-order chi connectivity index (χ1) is 17.1. The number of esters is 1. The molecule has 3 nitrogen and oxygen atoms in total. The van der Waals surface area contributed by atoms with Crippen LogP contribution in [-0.4, -0.2) is 25.3 Å². The Morgan fingerprint density at radius 3 is 1.57 bits per heavy atom. The van der Waals surface area contributed by atoms with E-state index in [0.717, 1.165) is 25.9 Å². The van der Waals surface area contributed by atoms with E-state index in [2.05, 4.69) is 13.5 Å². The summed E-state index contributed by atoms with van der Waals surface area (Å²) in [5.74, 6) is 0.185. The van der Waals surface area contributed by atoms with Crippen molar-refractivity contribution in [3.8, 4) is 0 Å². The summed E-state index contributed by atoms with van der Waals surface area (Å²) < 4.78 is 11.7. The van der Waals surface area contributed by atoms with E-state index in [1.165, 1.54) is 128 Å². The van der Waals surface area contributed by atoms with E-state index in [9.17, 15) is 4.79 Å². The van der Waals surface area contributed by atoms with Gasteiger partial charge in [-0.3, -0.25) is 0 Å². The maximum absolute atomic E-state index is 12.0. The summed E-state index contributed by atoms with van der Waals surface area (Å²) in [5.41, 5.74) is 0.481. The molecule has 0 heterocycles. The zero-order valence-corrected chi connectivity index (χ0v) is 23.8. The van der Waals surface area contributed by atoms with Crippen LogP contribution in [0.3, 0.4) is 0 Å². The molecule has 3 heteroatoms. The molecule has 0 N–H and O–H groups in total. The van der Waals surface area contributed by atoms with Gasteiger partial charge < -0.3 is 9.47 Å². The van der Waals surface area contributed by atoms with E-state index >= 15 is 0 Å². The van der Waals surface area contributed by atoms with Crippen molar-refractivity contribution in [2.24, 2.45) is 5.92 Å². The molecule has 1 aliphatic rings. The summed E-state index contributed by atoms with van der Waals surface area (Å²) >= 11 is 0. The minimum atomic E-state index is -0.266. The van der Waals surface area contributed by atoms with Crippen molar-refractivity contribution < 1.29 is 14.3 Å². The molecule has 0 amide bonds. The van der Waals surface area contributed by atoms with Gasteiger partial charge >= 0.3 is 5.97 Å². The summed E-state index contributed by atoms with van der Waals surface area (Å²) in [7, 11) is 0. The van der Waals surface area contributed by atoms with Gasteiger partial charge in [0, 0.05) is 12.2 Å². The number of hydrogen-bond acceptors (Lipinski definition) is 3. The molecule has 1 saturated carbocycles. The van der Waals surface area contributed by atoms with E-state index in [0.29, 0.717) is 18.1 Å². The van der Waals surface area contributed by atoms with Crippen LogP contribution in [0.4, 0.5) is 0 Å². The Kier molecular flexibility index (Phi) is 21.7. The summed E-state index contributed by atoms with van der Waals surface area (Å²) in [6.07, 6.45) is 31.1. The fourth-order valence-corrected chi connectivity index (χ4v) is 5.32. The number of carbonyl (C=O) groups excluding carboxylic acids is 1. The highest BCUT2D eigenvalue weighted by Gasteiger charge is 2.27. The Hall–Kier alpha value is -0.830. The standard InChI is InChI=1S/C32H60O3/c1-4-5-6-7-8-9-10-11-12-13-14-15-16-17-18-19-20-24-27-34-28-31(35-32(33)29(2)3)30-25-22-21-23-26-30/h30-31H,2,4-28H2,1,3H3. The van der Waals surface area contributed by atoms with Gasteiger partial charge in [0.15, 0.2) is 0 Å². The van der Waals surface area contributed by atoms with E-state index in [-0.39, 0.29) is 12.1 Å². The maximum Gasteiger partial charge on any atom is 0.333 e. The van der Waals surface area contributed by atoms with Gasteiger partial charge in [0.05, 0.1) is 6.61 Å². The highest BCUT2D eigenvalue weighted by molar-refractivity contribution is 5.87. The minimum absolute atomic E-state index is 0.102. The molecule has 35 heavy (non-hydrogen) atoms.